The summed E-state index contributed by atoms with van der Waals surface area (Å²) in [5, 5.41) is 4.60. The molecule has 0 saturated carbocycles. The second kappa shape index (κ2) is 10.7. The van der Waals surface area contributed by atoms with E-state index in [1.54, 1.807) is 18.2 Å². The Hall–Kier alpha value is -1.92. The first-order chi connectivity index (χ1) is 13.2. The van der Waals surface area contributed by atoms with Gasteiger partial charge in [-0.15, -0.1) is 24.8 Å². The average Bonchev–Trinajstić information content (AvgIpc) is 2.70. The number of para-hydroxylation sites is 1. The molecule has 0 radical (unpaired) electrons. The molecule has 1 atom stereocenters. The molecule has 5 nitrogen and oxygen atoms in total. The fourth-order valence-corrected chi connectivity index (χ4v) is 3.80. The number of H-pyrrole nitrogens is 1. The van der Waals surface area contributed by atoms with Gasteiger partial charge in [-0.2, -0.15) is 0 Å². The van der Waals surface area contributed by atoms with Crippen molar-refractivity contribution in [2.45, 2.75) is 31.7 Å². The van der Waals surface area contributed by atoms with Crippen LogP contribution in [0.15, 0.2) is 53.6 Å². The van der Waals surface area contributed by atoms with E-state index in [4.69, 9.17) is 11.6 Å². The number of hydrogen-bond donors (Lipinski definition) is 2. The number of nitrogens with one attached hydrogen (secondary N) is 2. The summed E-state index contributed by atoms with van der Waals surface area (Å²) in [6, 6.07) is 9.82. The van der Waals surface area contributed by atoms with E-state index in [-0.39, 0.29) is 30.4 Å². The van der Waals surface area contributed by atoms with Crippen LogP contribution in [0.1, 0.15) is 30.7 Å². The highest BCUT2D eigenvalue weighted by Gasteiger charge is 2.16. The molecule has 29 heavy (non-hydrogen) atoms. The quantitative estimate of drug-likeness (QED) is 0.593. The van der Waals surface area contributed by atoms with Crippen LogP contribution in [-0.2, 0) is 6.42 Å². The number of nitrogens with zero attached hydrogens (tertiary/aromatic N) is 2. The number of benzene rings is 1. The minimum atomic E-state index is -0.129. The Morgan fingerprint density at radius 2 is 1.93 bits per heavy atom. The molecule has 2 aromatic heterocycles. The van der Waals surface area contributed by atoms with E-state index in [1.807, 2.05) is 12.4 Å². The van der Waals surface area contributed by atoms with Crippen LogP contribution in [-0.4, -0.2) is 27.5 Å². The van der Waals surface area contributed by atoms with Crippen molar-refractivity contribution in [3.63, 3.8) is 0 Å². The van der Waals surface area contributed by atoms with Crippen molar-refractivity contribution in [3.05, 3.63) is 75.6 Å². The van der Waals surface area contributed by atoms with E-state index >= 15 is 0 Å². The van der Waals surface area contributed by atoms with Gasteiger partial charge >= 0.3 is 0 Å². The average molecular weight is 454 g/mol. The van der Waals surface area contributed by atoms with Crippen molar-refractivity contribution in [1.29, 1.82) is 0 Å². The monoisotopic (exact) mass is 452 g/mol. The van der Waals surface area contributed by atoms with Gasteiger partial charge < -0.3 is 10.3 Å². The SMILES string of the molecule is Cl.Cl.O=c1[nH]c(CCCC2CC(c3ccncc3)=CCN2)nc2c(Cl)cccc12. The van der Waals surface area contributed by atoms with Crippen LogP contribution in [0.4, 0.5) is 0 Å². The molecule has 0 fully saturated rings. The molecular weight excluding hydrogens is 431 g/mol. The number of hydrogen-bond acceptors (Lipinski definition) is 4. The zero-order valence-corrected chi connectivity index (χ0v) is 18.1. The molecule has 8 heteroatoms. The van der Waals surface area contributed by atoms with Crippen LogP contribution < -0.4 is 10.9 Å². The lowest BCUT2D eigenvalue weighted by molar-refractivity contribution is 0.483. The van der Waals surface area contributed by atoms with Crippen LogP contribution in [0.3, 0.4) is 0 Å². The zero-order valence-electron chi connectivity index (χ0n) is 15.7. The largest absolute Gasteiger partial charge is 0.310 e. The molecule has 3 heterocycles. The van der Waals surface area contributed by atoms with Gasteiger partial charge in [0, 0.05) is 31.4 Å². The molecule has 3 aromatic rings. The number of aromatic amines is 1. The Bertz CT molecular complexity index is 1040. The number of rotatable bonds is 5. The molecule has 0 amide bonds. The van der Waals surface area contributed by atoms with Gasteiger partial charge in [-0.25, -0.2) is 4.98 Å². The zero-order chi connectivity index (χ0) is 18.6. The van der Waals surface area contributed by atoms with E-state index in [9.17, 15) is 4.79 Å². The first kappa shape index (κ1) is 23.4. The molecule has 1 aliphatic rings. The number of halogens is 3. The molecule has 0 aliphatic carbocycles. The van der Waals surface area contributed by atoms with E-state index in [1.165, 1.54) is 11.1 Å². The van der Waals surface area contributed by atoms with Crippen LogP contribution in [0.25, 0.3) is 16.5 Å². The van der Waals surface area contributed by atoms with Gasteiger partial charge in [0.1, 0.15) is 5.82 Å². The Labute approximate surface area is 186 Å². The maximum Gasteiger partial charge on any atom is 0.258 e. The molecule has 0 saturated heterocycles. The second-order valence-corrected chi connectivity index (χ2v) is 7.22. The Morgan fingerprint density at radius 3 is 2.72 bits per heavy atom. The highest BCUT2D eigenvalue weighted by Crippen LogP contribution is 2.24. The van der Waals surface area contributed by atoms with E-state index in [0.29, 0.717) is 27.8 Å². The highest BCUT2D eigenvalue weighted by atomic mass is 35.5. The van der Waals surface area contributed by atoms with Crippen molar-refractivity contribution >= 4 is 52.9 Å². The predicted octanol–water partition coefficient (Wildman–Crippen LogP) is 4.58. The molecular formula is C21H23Cl3N4O. The normalized spacial score (nSPS) is 15.9. The van der Waals surface area contributed by atoms with E-state index in [2.05, 4.69) is 38.5 Å². The highest BCUT2D eigenvalue weighted by molar-refractivity contribution is 6.34. The summed E-state index contributed by atoms with van der Waals surface area (Å²) in [6.07, 6.45) is 9.60. The third-order valence-electron chi connectivity index (χ3n) is 4.97. The van der Waals surface area contributed by atoms with Crippen LogP contribution in [0.5, 0.6) is 0 Å². The lowest BCUT2D eigenvalue weighted by atomic mass is 9.93. The van der Waals surface area contributed by atoms with Crippen molar-refractivity contribution in [2.24, 2.45) is 0 Å². The van der Waals surface area contributed by atoms with Crippen LogP contribution in [0, 0.1) is 0 Å². The van der Waals surface area contributed by atoms with Crippen LogP contribution >= 0.6 is 36.4 Å². The summed E-state index contributed by atoms with van der Waals surface area (Å²) in [5.41, 5.74) is 3.06. The third-order valence-corrected chi connectivity index (χ3v) is 5.28. The Morgan fingerprint density at radius 1 is 1.14 bits per heavy atom. The van der Waals surface area contributed by atoms with Crippen molar-refractivity contribution in [1.82, 2.24) is 20.3 Å². The molecule has 1 aliphatic heterocycles. The van der Waals surface area contributed by atoms with Gasteiger partial charge in [0.25, 0.3) is 5.56 Å². The van der Waals surface area contributed by atoms with Gasteiger partial charge in [0.15, 0.2) is 0 Å². The maximum atomic E-state index is 12.2. The number of fused-ring (bicyclic) bond motifs is 1. The van der Waals surface area contributed by atoms with Gasteiger partial charge in [0.2, 0.25) is 0 Å². The molecule has 2 N–H and O–H groups in total. The van der Waals surface area contributed by atoms with E-state index in [0.717, 1.165) is 32.2 Å². The smallest absolute Gasteiger partial charge is 0.258 e. The summed E-state index contributed by atoms with van der Waals surface area (Å²) in [4.78, 5) is 23.8. The standard InChI is InChI=1S/C21H21ClN4O.2ClH/c22-18-5-2-4-17-20(18)25-19(26-21(17)27)6-1-3-16-13-15(9-12-24-16)14-7-10-23-11-8-14;;/h2,4-5,7-11,16,24H,1,3,6,12-13H2,(H,25,26,27);2*1H. The van der Waals surface area contributed by atoms with Gasteiger partial charge in [-0.05, 0) is 54.7 Å². The van der Waals surface area contributed by atoms with Crippen molar-refractivity contribution < 1.29 is 0 Å². The first-order valence-corrected chi connectivity index (χ1v) is 9.59. The molecule has 1 unspecified atom stereocenters. The lowest BCUT2D eigenvalue weighted by Gasteiger charge is -2.24. The first-order valence-electron chi connectivity index (χ1n) is 9.21. The van der Waals surface area contributed by atoms with Gasteiger partial charge in [0.05, 0.1) is 15.9 Å². The van der Waals surface area contributed by atoms with Crippen molar-refractivity contribution in [3.8, 4) is 0 Å². The summed E-state index contributed by atoms with van der Waals surface area (Å²) in [7, 11) is 0. The Kier molecular flexibility index (Phi) is 8.65. The molecule has 1 aromatic carbocycles. The summed E-state index contributed by atoms with van der Waals surface area (Å²) < 4.78 is 0. The number of aromatic nitrogens is 3. The van der Waals surface area contributed by atoms with Crippen molar-refractivity contribution in [2.75, 3.05) is 6.54 Å². The minimum Gasteiger partial charge on any atom is -0.310 e. The summed E-state index contributed by atoms with van der Waals surface area (Å²) in [6.45, 7) is 0.878. The molecule has 0 spiro atoms. The third kappa shape index (κ3) is 5.58. The van der Waals surface area contributed by atoms with Crippen LogP contribution in [0.2, 0.25) is 5.02 Å². The fourth-order valence-electron chi connectivity index (χ4n) is 3.58. The maximum absolute atomic E-state index is 12.2. The number of pyridine rings is 1. The lowest BCUT2D eigenvalue weighted by Crippen LogP contribution is -2.33. The second-order valence-electron chi connectivity index (χ2n) is 6.82. The molecule has 4 rings (SSSR count). The minimum absolute atomic E-state index is 0. The Balaban J connectivity index is 0.00000150. The van der Waals surface area contributed by atoms with Gasteiger partial charge in [-0.1, -0.05) is 23.7 Å². The predicted molar refractivity (Wildman–Crippen MR) is 123 cm³/mol. The summed E-state index contributed by atoms with van der Waals surface area (Å²) in [5.74, 6) is 0.696. The summed E-state index contributed by atoms with van der Waals surface area (Å²) >= 11 is 6.20. The van der Waals surface area contributed by atoms with E-state index < -0.39 is 0 Å². The topological polar surface area (TPSA) is 70.7 Å². The molecule has 154 valence electrons. The fraction of sp³-hybridized carbons (Fsp3) is 0.286. The van der Waals surface area contributed by atoms with Gasteiger partial charge in [-0.3, -0.25) is 9.78 Å². The molecule has 0 bridgehead atoms. The number of aryl methyl sites for hydroxylation is 1.